The molecule has 0 amide bonds. The number of nitriles is 1. The molecule has 3 nitrogen and oxygen atoms in total. The first-order valence-electron chi connectivity index (χ1n) is 6.35. The first-order valence-corrected chi connectivity index (χ1v) is 6.35. The molecule has 2 aromatic carbocycles. The summed E-state index contributed by atoms with van der Waals surface area (Å²) < 4.78 is 13.9. The summed E-state index contributed by atoms with van der Waals surface area (Å²) in [4.78, 5) is 1.84. The highest BCUT2D eigenvalue weighted by Gasteiger charge is 2.20. The van der Waals surface area contributed by atoms with Gasteiger partial charge in [-0.3, -0.25) is 0 Å². The van der Waals surface area contributed by atoms with Crippen LogP contribution in [0.1, 0.15) is 17.2 Å². The van der Waals surface area contributed by atoms with Gasteiger partial charge in [-0.25, -0.2) is 4.39 Å². The van der Waals surface area contributed by atoms with E-state index in [9.17, 15) is 4.39 Å². The smallest absolute Gasteiger partial charge is 0.128 e. The summed E-state index contributed by atoms with van der Waals surface area (Å²) in [6.45, 7) is 0.261. The molecule has 1 unspecified atom stereocenters. The Kier molecular flexibility index (Phi) is 4.34. The Morgan fingerprint density at radius 3 is 2.50 bits per heavy atom. The zero-order chi connectivity index (χ0) is 14.5. The van der Waals surface area contributed by atoms with E-state index in [2.05, 4.69) is 6.07 Å². The molecule has 102 valence electrons. The number of hydrogen-bond donors (Lipinski definition) is 1. The van der Waals surface area contributed by atoms with Crippen LogP contribution in [0.15, 0.2) is 48.5 Å². The van der Waals surface area contributed by atoms with E-state index in [4.69, 9.17) is 11.0 Å². The number of anilines is 1. The first-order chi connectivity index (χ1) is 9.69. The monoisotopic (exact) mass is 269 g/mol. The van der Waals surface area contributed by atoms with Crippen molar-refractivity contribution >= 4 is 5.69 Å². The average Bonchev–Trinajstić information content (AvgIpc) is 2.49. The second kappa shape index (κ2) is 6.18. The van der Waals surface area contributed by atoms with Gasteiger partial charge in [0.25, 0.3) is 0 Å². The Balaban J connectivity index is 2.42. The Morgan fingerprint density at radius 1 is 1.20 bits per heavy atom. The third kappa shape index (κ3) is 2.63. The van der Waals surface area contributed by atoms with Crippen molar-refractivity contribution in [2.75, 3.05) is 18.5 Å². The highest BCUT2D eigenvalue weighted by molar-refractivity contribution is 5.60. The first kappa shape index (κ1) is 14.0. The van der Waals surface area contributed by atoms with Gasteiger partial charge in [0.1, 0.15) is 11.9 Å². The molecule has 0 aliphatic carbocycles. The zero-order valence-corrected chi connectivity index (χ0v) is 11.3. The lowest BCUT2D eigenvalue weighted by atomic mass is 10.0. The summed E-state index contributed by atoms with van der Waals surface area (Å²) in [7, 11) is 1.82. The number of likely N-dealkylation sites (N-methyl/N-ethyl adjacent to an activating group) is 1. The molecule has 20 heavy (non-hydrogen) atoms. The van der Waals surface area contributed by atoms with Gasteiger partial charge in [0, 0.05) is 19.2 Å². The molecular formula is C16H16FN3. The number of rotatable bonds is 4. The fourth-order valence-corrected chi connectivity index (χ4v) is 2.28. The van der Waals surface area contributed by atoms with Crippen molar-refractivity contribution in [2.45, 2.75) is 6.04 Å². The molecule has 0 aromatic heterocycles. The van der Waals surface area contributed by atoms with Crippen molar-refractivity contribution in [1.82, 2.24) is 0 Å². The lowest BCUT2D eigenvalue weighted by molar-refractivity contribution is 0.572. The van der Waals surface area contributed by atoms with Crippen molar-refractivity contribution in [3.8, 4) is 6.07 Å². The second-order valence-corrected chi connectivity index (χ2v) is 4.51. The SMILES string of the molecule is CN(c1ccccc1C#N)C(CN)c1ccccc1F. The van der Waals surface area contributed by atoms with Crippen molar-refractivity contribution in [1.29, 1.82) is 5.26 Å². The number of nitrogens with two attached hydrogens (primary N) is 1. The van der Waals surface area contributed by atoms with Crippen LogP contribution in [0.3, 0.4) is 0 Å². The van der Waals surface area contributed by atoms with Crippen molar-refractivity contribution in [3.05, 3.63) is 65.5 Å². The lowest BCUT2D eigenvalue weighted by Gasteiger charge is -2.30. The van der Waals surface area contributed by atoms with E-state index in [0.29, 0.717) is 11.1 Å². The van der Waals surface area contributed by atoms with Crippen LogP contribution in [0, 0.1) is 17.1 Å². The minimum absolute atomic E-state index is 0.261. The highest BCUT2D eigenvalue weighted by atomic mass is 19.1. The number of benzene rings is 2. The van der Waals surface area contributed by atoms with Crippen LogP contribution in [0.25, 0.3) is 0 Å². The standard InChI is InChI=1S/C16H16FN3/c1-20(15-9-5-2-6-12(15)10-18)16(11-19)13-7-3-4-8-14(13)17/h2-9,16H,11,19H2,1H3. The van der Waals surface area contributed by atoms with Gasteiger partial charge in [-0.1, -0.05) is 30.3 Å². The van der Waals surface area contributed by atoms with Crippen LogP contribution in [0.5, 0.6) is 0 Å². The van der Waals surface area contributed by atoms with Crippen LogP contribution in [-0.4, -0.2) is 13.6 Å². The van der Waals surface area contributed by atoms with E-state index in [1.807, 2.05) is 24.1 Å². The van der Waals surface area contributed by atoms with E-state index in [1.54, 1.807) is 30.3 Å². The summed E-state index contributed by atoms with van der Waals surface area (Å²) >= 11 is 0. The quantitative estimate of drug-likeness (QED) is 0.928. The fourth-order valence-electron chi connectivity index (χ4n) is 2.28. The van der Waals surface area contributed by atoms with Crippen LogP contribution in [-0.2, 0) is 0 Å². The Labute approximate surface area is 118 Å². The molecule has 0 bridgehead atoms. The zero-order valence-electron chi connectivity index (χ0n) is 11.3. The molecule has 0 saturated heterocycles. The van der Waals surface area contributed by atoms with E-state index in [0.717, 1.165) is 5.69 Å². The van der Waals surface area contributed by atoms with Gasteiger partial charge < -0.3 is 10.6 Å². The molecule has 0 heterocycles. The topological polar surface area (TPSA) is 53.0 Å². The molecule has 0 radical (unpaired) electrons. The van der Waals surface area contributed by atoms with Gasteiger partial charge in [0.05, 0.1) is 17.3 Å². The number of para-hydroxylation sites is 1. The van der Waals surface area contributed by atoms with Crippen LogP contribution in [0.4, 0.5) is 10.1 Å². The van der Waals surface area contributed by atoms with Gasteiger partial charge in [0.15, 0.2) is 0 Å². The molecule has 0 saturated carbocycles. The largest absolute Gasteiger partial charge is 0.365 e. The predicted octanol–water partition coefficient (Wildman–Crippen LogP) is 2.83. The van der Waals surface area contributed by atoms with E-state index in [1.165, 1.54) is 6.07 Å². The Hall–Kier alpha value is -2.38. The van der Waals surface area contributed by atoms with Gasteiger partial charge in [-0.05, 0) is 18.2 Å². The summed E-state index contributed by atoms with van der Waals surface area (Å²) in [6, 6.07) is 15.6. The third-order valence-electron chi connectivity index (χ3n) is 3.36. The van der Waals surface area contributed by atoms with Gasteiger partial charge in [0.2, 0.25) is 0 Å². The molecule has 0 aliphatic heterocycles. The predicted molar refractivity (Wildman–Crippen MR) is 77.8 cm³/mol. The second-order valence-electron chi connectivity index (χ2n) is 4.51. The minimum Gasteiger partial charge on any atom is -0.365 e. The summed E-state index contributed by atoms with van der Waals surface area (Å²) in [5.74, 6) is -0.288. The minimum atomic E-state index is -0.314. The van der Waals surface area contributed by atoms with E-state index >= 15 is 0 Å². The average molecular weight is 269 g/mol. The maximum absolute atomic E-state index is 13.9. The molecule has 2 rings (SSSR count). The summed E-state index contributed by atoms with van der Waals surface area (Å²) in [5.41, 5.74) is 7.64. The fraction of sp³-hybridized carbons (Fsp3) is 0.188. The third-order valence-corrected chi connectivity index (χ3v) is 3.36. The molecule has 0 aliphatic rings. The van der Waals surface area contributed by atoms with E-state index in [-0.39, 0.29) is 18.4 Å². The van der Waals surface area contributed by atoms with Crippen molar-refractivity contribution in [3.63, 3.8) is 0 Å². The normalized spacial score (nSPS) is 11.7. The molecule has 0 spiro atoms. The molecule has 2 N–H and O–H groups in total. The van der Waals surface area contributed by atoms with Gasteiger partial charge in [-0.15, -0.1) is 0 Å². The van der Waals surface area contributed by atoms with Crippen molar-refractivity contribution in [2.24, 2.45) is 5.73 Å². The number of hydrogen-bond acceptors (Lipinski definition) is 3. The molecular weight excluding hydrogens is 253 g/mol. The lowest BCUT2D eigenvalue weighted by Crippen LogP contribution is -2.31. The van der Waals surface area contributed by atoms with Crippen LogP contribution in [0.2, 0.25) is 0 Å². The summed E-state index contributed by atoms with van der Waals surface area (Å²) in [5, 5.41) is 9.16. The Bertz CT molecular complexity index is 634. The summed E-state index contributed by atoms with van der Waals surface area (Å²) in [6.07, 6.45) is 0. The highest BCUT2D eigenvalue weighted by Crippen LogP contribution is 2.28. The van der Waals surface area contributed by atoms with E-state index < -0.39 is 0 Å². The van der Waals surface area contributed by atoms with Crippen molar-refractivity contribution < 1.29 is 4.39 Å². The Morgan fingerprint density at radius 2 is 1.85 bits per heavy atom. The van der Waals surface area contributed by atoms with Gasteiger partial charge >= 0.3 is 0 Å². The van der Waals surface area contributed by atoms with Crippen LogP contribution >= 0.6 is 0 Å². The van der Waals surface area contributed by atoms with Crippen LogP contribution < -0.4 is 10.6 Å². The van der Waals surface area contributed by atoms with Gasteiger partial charge in [-0.2, -0.15) is 5.26 Å². The maximum Gasteiger partial charge on any atom is 0.128 e. The molecule has 4 heteroatoms. The number of nitrogens with zero attached hydrogens (tertiary/aromatic N) is 2. The molecule has 1 atom stereocenters. The molecule has 2 aromatic rings. The maximum atomic E-state index is 13.9. The molecule has 0 fully saturated rings. The number of halogens is 1.